The Bertz CT molecular complexity index is 763. The van der Waals surface area contributed by atoms with E-state index in [1.807, 2.05) is 0 Å². The summed E-state index contributed by atoms with van der Waals surface area (Å²) < 4.78 is 0. The highest BCUT2D eigenvalue weighted by Crippen LogP contribution is 2.34. The molecule has 3 aromatic rings. The third kappa shape index (κ3) is 3.71. The van der Waals surface area contributed by atoms with Crippen molar-refractivity contribution in [2.45, 2.75) is 52.4 Å². The van der Waals surface area contributed by atoms with Gasteiger partial charge in [-0.15, -0.1) is 0 Å². The second-order valence-electron chi connectivity index (χ2n) is 8.94. The van der Waals surface area contributed by atoms with Crippen molar-refractivity contribution in [1.82, 2.24) is 4.98 Å². The minimum Gasteiger partial charge on any atom is -0.366 e. The van der Waals surface area contributed by atoms with E-state index >= 15 is 0 Å². The van der Waals surface area contributed by atoms with Gasteiger partial charge >= 0.3 is 0 Å². The zero-order valence-corrected chi connectivity index (χ0v) is 16.3. The van der Waals surface area contributed by atoms with Gasteiger partial charge in [0.15, 0.2) is 0 Å². The van der Waals surface area contributed by atoms with Crippen LogP contribution in [0.3, 0.4) is 0 Å². The fraction of sp³-hybridized carbons (Fsp3) is 0.333. The van der Waals surface area contributed by atoms with Crippen molar-refractivity contribution in [3.63, 3.8) is 0 Å². The van der Waals surface area contributed by atoms with E-state index in [-0.39, 0.29) is 10.8 Å². The van der Waals surface area contributed by atoms with Gasteiger partial charge in [0.05, 0.1) is 0 Å². The Hall–Kier alpha value is -2.28. The third-order valence-electron chi connectivity index (χ3n) is 4.87. The van der Waals surface area contributed by atoms with E-state index in [4.69, 9.17) is 0 Å². The van der Waals surface area contributed by atoms with Gasteiger partial charge in [0.25, 0.3) is 0 Å². The van der Waals surface area contributed by atoms with Crippen LogP contribution in [0.25, 0.3) is 22.3 Å². The first-order valence-corrected chi connectivity index (χ1v) is 9.05. The van der Waals surface area contributed by atoms with Crippen LogP contribution >= 0.6 is 0 Å². The predicted molar refractivity (Wildman–Crippen MR) is 109 cm³/mol. The van der Waals surface area contributed by atoms with E-state index < -0.39 is 0 Å². The van der Waals surface area contributed by atoms with Crippen LogP contribution in [0.1, 0.15) is 52.7 Å². The molecular weight excluding hydrogens is 302 g/mol. The molecule has 0 atom stereocenters. The zero-order valence-electron chi connectivity index (χ0n) is 16.3. The highest BCUT2D eigenvalue weighted by atomic mass is 14.6. The van der Waals surface area contributed by atoms with Crippen molar-refractivity contribution in [3.8, 4) is 22.3 Å². The monoisotopic (exact) mass is 331 g/mol. The summed E-state index contributed by atoms with van der Waals surface area (Å²) in [4.78, 5) is 3.29. The van der Waals surface area contributed by atoms with Gasteiger partial charge in [-0.2, -0.15) is 0 Å². The lowest BCUT2D eigenvalue weighted by molar-refractivity contribution is 0.590. The molecular formula is C24H29N. The molecule has 0 spiro atoms. The van der Waals surface area contributed by atoms with Gasteiger partial charge in [-0.3, -0.25) is 0 Å². The molecule has 0 fully saturated rings. The Balaban J connectivity index is 1.96. The number of aromatic nitrogens is 1. The standard InChI is InChI=1S/C24H29N/c1-23(2,3)19-11-7-17(8-12-19)21-15-25-16-22(21)18-9-13-20(14-10-18)24(4,5)6/h7-16,25H,1-6H3. The van der Waals surface area contributed by atoms with Gasteiger partial charge < -0.3 is 4.98 Å². The van der Waals surface area contributed by atoms with Gasteiger partial charge in [0, 0.05) is 23.5 Å². The fourth-order valence-corrected chi connectivity index (χ4v) is 3.14. The van der Waals surface area contributed by atoms with Gasteiger partial charge in [0.2, 0.25) is 0 Å². The maximum Gasteiger partial charge on any atom is 0.00906 e. The SMILES string of the molecule is CC(C)(C)c1ccc(-c2c[nH]cc2-c2ccc(C(C)(C)C)cc2)cc1. The van der Waals surface area contributed by atoms with Crippen molar-refractivity contribution in [2.24, 2.45) is 0 Å². The molecule has 0 amide bonds. The van der Waals surface area contributed by atoms with Crippen molar-refractivity contribution < 1.29 is 0 Å². The number of rotatable bonds is 2. The van der Waals surface area contributed by atoms with E-state index in [0.717, 1.165) is 0 Å². The Kier molecular flexibility index (Phi) is 4.36. The summed E-state index contributed by atoms with van der Waals surface area (Å²) >= 11 is 0. The minimum atomic E-state index is 0.183. The summed E-state index contributed by atoms with van der Waals surface area (Å²) in [5.74, 6) is 0. The molecule has 0 bridgehead atoms. The molecule has 1 N–H and O–H groups in total. The first-order valence-electron chi connectivity index (χ1n) is 9.05. The Labute approximate surface area is 152 Å². The number of hydrogen-bond acceptors (Lipinski definition) is 0. The van der Waals surface area contributed by atoms with E-state index in [1.165, 1.54) is 33.4 Å². The summed E-state index contributed by atoms with van der Waals surface area (Å²) in [5, 5.41) is 0. The van der Waals surface area contributed by atoms with Crippen LogP contribution in [0.5, 0.6) is 0 Å². The van der Waals surface area contributed by atoms with Crippen LogP contribution in [0.2, 0.25) is 0 Å². The number of H-pyrrole nitrogens is 1. The molecule has 0 saturated carbocycles. The third-order valence-corrected chi connectivity index (χ3v) is 4.87. The predicted octanol–water partition coefficient (Wildman–Crippen LogP) is 6.94. The molecule has 1 heterocycles. The lowest BCUT2D eigenvalue weighted by Crippen LogP contribution is -2.10. The maximum absolute atomic E-state index is 3.29. The average molecular weight is 332 g/mol. The number of benzene rings is 2. The minimum absolute atomic E-state index is 0.183. The Morgan fingerprint density at radius 3 is 1.12 bits per heavy atom. The zero-order chi connectivity index (χ0) is 18.2. The molecule has 2 aromatic carbocycles. The smallest absolute Gasteiger partial charge is 0.00906 e. The molecule has 0 aliphatic carbocycles. The Morgan fingerprint density at radius 1 is 0.520 bits per heavy atom. The first-order chi connectivity index (χ1) is 11.7. The summed E-state index contributed by atoms with van der Waals surface area (Å²) in [5.41, 5.74) is 8.11. The molecule has 1 heteroatoms. The number of hydrogen-bond donors (Lipinski definition) is 1. The van der Waals surface area contributed by atoms with E-state index in [1.54, 1.807) is 0 Å². The van der Waals surface area contributed by atoms with E-state index in [9.17, 15) is 0 Å². The largest absolute Gasteiger partial charge is 0.366 e. The van der Waals surface area contributed by atoms with Crippen LogP contribution in [0.15, 0.2) is 60.9 Å². The summed E-state index contributed by atoms with van der Waals surface area (Å²) in [6.07, 6.45) is 4.19. The van der Waals surface area contributed by atoms with Crippen molar-refractivity contribution >= 4 is 0 Å². The molecule has 0 saturated heterocycles. The molecule has 1 nitrogen and oxygen atoms in total. The normalized spacial score (nSPS) is 12.4. The number of nitrogens with one attached hydrogen (secondary N) is 1. The lowest BCUT2D eigenvalue weighted by Gasteiger charge is -2.20. The molecule has 0 aliphatic rings. The van der Waals surface area contributed by atoms with Gasteiger partial charge in [0.1, 0.15) is 0 Å². The fourth-order valence-electron chi connectivity index (χ4n) is 3.14. The van der Waals surface area contributed by atoms with E-state index in [0.29, 0.717) is 0 Å². The number of aromatic amines is 1. The van der Waals surface area contributed by atoms with E-state index in [2.05, 4.69) is 107 Å². The second-order valence-corrected chi connectivity index (χ2v) is 8.94. The summed E-state index contributed by atoms with van der Waals surface area (Å²) in [7, 11) is 0. The van der Waals surface area contributed by atoms with Crippen LogP contribution in [0, 0.1) is 0 Å². The quantitative estimate of drug-likeness (QED) is 0.523. The summed E-state index contributed by atoms with van der Waals surface area (Å²) in [6.45, 7) is 13.5. The first kappa shape index (κ1) is 17.5. The lowest BCUT2D eigenvalue weighted by atomic mass is 9.85. The maximum atomic E-state index is 3.29. The molecule has 0 radical (unpaired) electrons. The van der Waals surface area contributed by atoms with Crippen molar-refractivity contribution in [3.05, 3.63) is 72.1 Å². The molecule has 130 valence electrons. The van der Waals surface area contributed by atoms with Crippen molar-refractivity contribution in [1.29, 1.82) is 0 Å². The summed E-state index contributed by atoms with van der Waals surface area (Å²) in [6, 6.07) is 17.9. The van der Waals surface area contributed by atoms with Crippen LogP contribution in [-0.4, -0.2) is 4.98 Å². The van der Waals surface area contributed by atoms with Gasteiger partial charge in [-0.05, 0) is 33.1 Å². The van der Waals surface area contributed by atoms with Gasteiger partial charge in [-0.25, -0.2) is 0 Å². The Morgan fingerprint density at radius 2 is 0.840 bits per heavy atom. The highest BCUT2D eigenvalue weighted by Gasteiger charge is 2.16. The van der Waals surface area contributed by atoms with Crippen LogP contribution in [0.4, 0.5) is 0 Å². The topological polar surface area (TPSA) is 15.8 Å². The molecule has 0 unspecified atom stereocenters. The van der Waals surface area contributed by atoms with Crippen LogP contribution < -0.4 is 0 Å². The highest BCUT2D eigenvalue weighted by molar-refractivity contribution is 5.83. The second kappa shape index (κ2) is 6.22. The molecule has 25 heavy (non-hydrogen) atoms. The molecule has 0 aliphatic heterocycles. The molecule has 1 aromatic heterocycles. The molecule has 3 rings (SSSR count). The average Bonchev–Trinajstić information content (AvgIpc) is 3.03. The van der Waals surface area contributed by atoms with Gasteiger partial charge in [-0.1, -0.05) is 90.1 Å². The van der Waals surface area contributed by atoms with Crippen LogP contribution in [-0.2, 0) is 10.8 Å². The van der Waals surface area contributed by atoms with Crippen molar-refractivity contribution in [2.75, 3.05) is 0 Å².